The standard InChI is InChI=1S/C52H86N12O12S2/c1-5-37(4)48(49(53)74)58-50(75)41(29-36(2)3)57-51(76)52(59-43(66)12-28-78-35-40-8-6-7-39(55-40)34-77-27-11-42(65)56-38-9-15-54-16-10-38)13-17-64(18-14-52)44(67)30-60-19-21-61(31-45(68)69)23-25-63(33-47(72)73)26-24-62(22-20-60)32-46(70)71/h6-8,36-38,41,48,54H,5,9-35H2,1-4H3,(H2,53,74)(H,56,65)(H,57,76)(H,58,75)(H,59,66)(H,68,69)(H,70,71)(H,72,73)/t37-,41-,48-/m0/s1. The molecule has 438 valence electrons. The number of hydrogen-bond acceptors (Lipinski definition) is 17. The highest BCUT2D eigenvalue weighted by molar-refractivity contribution is 7.98. The van der Waals surface area contributed by atoms with E-state index in [1.807, 2.05) is 43.9 Å². The van der Waals surface area contributed by atoms with Gasteiger partial charge in [-0.3, -0.25) is 67.7 Å². The van der Waals surface area contributed by atoms with Crippen molar-refractivity contribution in [3.05, 3.63) is 29.6 Å². The van der Waals surface area contributed by atoms with Gasteiger partial charge in [-0.05, 0) is 69.2 Å². The van der Waals surface area contributed by atoms with Gasteiger partial charge in [-0.15, -0.1) is 0 Å². The number of thioether (sulfide) groups is 2. The SMILES string of the molecule is CC[C@H](C)[C@H](NC(=O)[C@H](CC(C)C)NC(=O)C1(NC(=O)CCSCc2cccc(CSCCC(=O)NC3CCNCC3)n2)CCN(C(=O)CN2CCN(CC(=O)O)CCN(CC(=O)O)CCN(CC(=O)O)CC2)CC1)C(N)=O. The number of rotatable bonds is 29. The molecule has 0 spiro atoms. The second kappa shape index (κ2) is 34.1. The molecule has 0 radical (unpaired) electrons. The van der Waals surface area contributed by atoms with Crippen molar-refractivity contribution in [1.82, 2.24) is 56.1 Å². The number of piperidine rings is 2. The van der Waals surface area contributed by atoms with Gasteiger partial charge >= 0.3 is 17.9 Å². The van der Waals surface area contributed by atoms with Gasteiger partial charge in [-0.1, -0.05) is 40.2 Å². The number of carboxylic acid groups (broad SMARTS) is 3. The second-order valence-electron chi connectivity index (χ2n) is 21.0. The Morgan fingerprint density at radius 2 is 1.18 bits per heavy atom. The molecular formula is C52H86N12O12S2. The third kappa shape index (κ3) is 24.1. The number of carbonyl (C=O) groups excluding carboxylic acids is 6. The van der Waals surface area contributed by atoms with Crippen molar-refractivity contribution in [1.29, 1.82) is 0 Å². The summed E-state index contributed by atoms with van der Waals surface area (Å²) >= 11 is 3.15. The second-order valence-corrected chi connectivity index (χ2v) is 23.3. The van der Waals surface area contributed by atoms with E-state index in [0.717, 1.165) is 37.3 Å². The van der Waals surface area contributed by atoms with Gasteiger partial charge in [0.15, 0.2) is 0 Å². The Labute approximate surface area is 467 Å². The molecule has 0 saturated carbocycles. The molecule has 0 aliphatic carbocycles. The van der Waals surface area contributed by atoms with Crippen molar-refractivity contribution in [2.45, 2.75) is 114 Å². The third-order valence-corrected chi connectivity index (χ3v) is 16.3. The van der Waals surface area contributed by atoms with E-state index < -0.39 is 59.2 Å². The molecule has 0 bridgehead atoms. The molecule has 3 saturated heterocycles. The summed E-state index contributed by atoms with van der Waals surface area (Å²) in [4.78, 5) is 130. The molecule has 3 aliphatic heterocycles. The highest BCUT2D eigenvalue weighted by Crippen LogP contribution is 2.25. The fourth-order valence-electron chi connectivity index (χ4n) is 9.57. The minimum absolute atomic E-state index is 0.000492. The van der Waals surface area contributed by atoms with Crippen LogP contribution in [0.5, 0.6) is 0 Å². The number of pyridine rings is 1. The van der Waals surface area contributed by atoms with E-state index in [0.29, 0.717) is 35.9 Å². The fourth-order valence-corrected chi connectivity index (χ4v) is 11.3. The van der Waals surface area contributed by atoms with Crippen LogP contribution in [0, 0.1) is 11.8 Å². The van der Waals surface area contributed by atoms with Gasteiger partial charge < -0.3 is 52.5 Å². The minimum Gasteiger partial charge on any atom is -0.480 e. The predicted octanol–water partition coefficient (Wildman–Crippen LogP) is -0.304. The van der Waals surface area contributed by atoms with Gasteiger partial charge in [0.2, 0.25) is 35.4 Å². The number of nitrogens with two attached hydrogens (primary N) is 1. The van der Waals surface area contributed by atoms with E-state index in [1.165, 1.54) is 11.8 Å². The van der Waals surface area contributed by atoms with E-state index >= 15 is 0 Å². The summed E-state index contributed by atoms with van der Waals surface area (Å²) in [6.07, 6.45) is 3.12. The first-order valence-corrected chi connectivity index (χ1v) is 29.6. The zero-order valence-electron chi connectivity index (χ0n) is 46.0. The number of nitrogens with one attached hydrogen (secondary N) is 5. The zero-order valence-corrected chi connectivity index (χ0v) is 47.6. The normalized spacial score (nSPS) is 18.8. The Hall–Kier alpha value is -5.12. The number of hydrogen-bond donors (Lipinski definition) is 9. The van der Waals surface area contributed by atoms with Crippen LogP contribution in [0.15, 0.2) is 18.2 Å². The monoisotopic (exact) mass is 1130 g/mol. The molecule has 78 heavy (non-hydrogen) atoms. The first-order valence-electron chi connectivity index (χ1n) is 27.3. The summed E-state index contributed by atoms with van der Waals surface area (Å²) in [6.45, 7) is 10.1. The van der Waals surface area contributed by atoms with Crippen LogP contribution in [0.3, 0.4) is 0 Å². The van der Waals surface area contributed by atoms with Crippen molar-refractivity contribution < 1.29 is 58.5 Å². The summed E-state index contributed by atoms with van der Waals surface area (Å²) in [6, 6.07) is 3.95. The molecule has 4 rings (SSSR count). The zero-order chi connectivity index (χ0) is 57.2. The van der Waals surface area contributed by atoms with E-state index in [4.69, 9.17) is 10.7 Å². The van der Waals surface area contributed by atoms with E-state index in [1.54, 1.807) is 38.3 Å². The molecule has 24 nitrogen and oxygen atoms in total. The van der Waals surface area contributed by atoms with Crippen LogP contribution in [-0.4, -0.2) is 238 Å². The summed E-state index contributed by atoms with van der Waals surface area (Å²) < 4.78 is 0. The average molecular weight is 1140 g/mol. The van der Waals surface area contributed by atoms with Crippen molar-refractivity contribution >= 4 is 76.9 Å². The third-order valence-electron chi connectivity index (χ3n) is 14.3. The van der Waals surface area contributed by atoms with Gasteiger partial charge in [0.25, 0.3) is 0 Å². The molecule has 10 N–H and O–H groups in total. The lowest BCUT2D eigenvalue weighted by Gasteiger charge is -2.42. The molecular weight excluding hydrogens is 1050 g/mol. The molecule has 3 fully saturated rings. The molecule has 6 amide bonds. The molecule has 1 aromatic rings. The quantitative estimate of drug-likeness (QED) is 0.0465. The van der Waals surface area contributed by atoms with Crippen LogP contribution in [-0.2, 0) is 54.7 Å². The van der Waals surface area contributed by atoms with Crippen LogP contribution in [0.25, 0.3) is 0 Å². The van der Waals surface area contributed by atoms with Crippen LogP contribution in [0.2, 0.25) is 0 Å². The van der Waals surface area contributed by atoms with Crippen LogP contribution in [0.4, 0.5) is 0 Å². The molecule has 1 aromatic heterocycles. The number of primary amides is 1. The predicted molar refractivity (Wildman–Crippen MR) is 297 cm³/mol. The summed E-state index contributed by atoms with van der Waals surface area (Å²) in [5, 5.41) is 43.9. The number of carboxylic acids is 3. The van der Waals surface area contributed by atoms with Gasteiger partial charge in [-0.25, -0.2) is 0 Å². The highest BCUT2D eigenvalue weighted by Gasteiger charge is 2.45. The molecule has 0 unspecified atom stereocenters. The van der Waals surface area contributed by atoms with Crippen molar-refractivity contribution in [2.75, 3.05) is 116 Å². The van der Waals surface area contributed by atoms with Crippen molar-refractivity contribution in [2.24, 2.45) is 17.6 Å². The lowest BCUT2D eigenvalue weighted by atomic mass is 9.85. The summed E-state index contributed by atoms with van der Waals surface area (Å²) in [5.74, 6) is -3.87. The maximum atomic E-state index is 14.7. The summed E-state index contributed by atoms with van der Waals surface area (Å²) in [5.41, 5.74) is 5.88. The number of carbonyl (C=O) groups is 9. The topological polar surface area (TPSA) is 330 Å². The van der Waals surface area contributed by atoms with E-state index in [-0.39, 0.29) is 147 Å². The first kappa shape index (κ1) is 65.4. The maximum absolute atomic E-state index is 14.7. The van der Waals surface area contributed by atoms with Crippen LogP contribution in [0.1, 0.15) is 90.4 Å². The van der Waals surface area contributed by atoms with Gasteiger partial charge in [0.1, 0.15) is 17.6 Å². The molecule has 26 heteroatoms. The number of amides is 6. The van der Waals surface area contributed by atoms with Crippen LogP contribution >= 0.6 is 23.5 Å². The molecule has 4 heterocycles. The van der Waals surface area contributed by atoms with Gasteiger partial charge in [0, 0.05) is 107 Å². The van der Waals surface area contributed by atoms with Crippen molar-refractivity contribution in [3.8, 4) is 0 Å². The minimum atomic E-state index is -1.54. The largest absolute Gasteiger partial charge is 0.480 e. The lowest BCUT2D eigenvalue weighted by molar-refractivity contribution is -0.142. The lowest BCUT2D eigenvalue weighted by Crippen LogP contribution is -2.66. The maximum Gasteiger partial charge on any atom is 0.317 e. The molecule has 3 aliphatic rings. The number of nitrogens with zero attached hydrogens (tertiary/aromatic N) is 6. The first-order chi connectivity index (χ1) is 37.1. The van der Waals surface area contributed by atoms with E-state index in [9.17, 15) is 58.5 Å². The fraction of sp³-hybridized carbons (Fsp3) is 0.731. The Morgan fingerprint density at radius 3 is 1.63 bits per heavy atom. The average Bonchev–Trinajstić information content (AvgIpc) is 3.41. The van der Waals surface area contributed by atoms with Gasteiger partial charge in [0.05, 0.1) is 37.6 Å². The Balaban J connectivity index is 1.44. The Morgan fingerprint density at radius 1 is 0.705 bits per heavy atom. The van der Waals surface area contributed by atoms with Crippen LogP contribution < -0.4 is 32.3 Å². The molecule has 0 aromatic carbocycles. The molecule has 3 atom stereocenters. The summed E-state index contributed by atoms with van der Waals surface area (Å²) in [7, 11) is 0. The van der Waals surface area contributed by atoms with Gasteiger partial charge in [-0.2, -0.15) is 23.5 Å². The van der Waals surface area contributed by atoms with E-state index in [2.05, 4.69) is 26.6 Å². The highest BCUT2D eigenvalue weighted by atomic mass is 32.2. The number of aromatic nitrogens is 1. The number of likely N-dealkylation sites (tertiary alicyclic amines) is 1. The Bertz CT molecular complexity index is 2120. The Kier molecular flexibility index (Phi) is 28.6. The number of aliphatic carboxylic acids is 3. The van der Waals surface area contributed by atoms with Crippen molar-refractivity contribution in [3.63, 3.8) is 0 Å². The smallest absolute Gasteiger partial charge is 0.317 e.